The van der Waals surface area contributed by atoms with Gasteiger partial charge in [-0.1, -0.05) is 73.8 Å². The molecule has 2 heterocycles. The molecule has 65 heavy (non-hydrogen) atoms. The summed E-state index contributed by atoms with van der Waals surface area (Å²) in [5.41, 5.74) is 0.946. The van der Waals surface area contributed by atoms with Crippen LogP contribution in [0.4, 0.5) is 5.82 Å². The zero-order valence-corrected chi connectivity index (χ0v) is 40.4. The van der Waals surface area contributed by atoms with Crippen molar-refractivity contribution in [3.8, 4) is 11.1 Å². The maximum atomic E-state index is 13.8. The first kappa shape index (κ1) is 52.8. The fraction of sp³-hybridized carbons (Fsp3) is 0.250. The number of likely N-dealkylation sites (N-methyl/N-ethyl adjacent to an activating group) is 1. The average molecular weight is 979 g/mol. The van der Waals surface area contributed by atoms with Gasteiger partial charge in [0.15, 0.2) is 11.3 Å². The van der Waals surface area contributed by atoms with Crippen LogP contribution >= 0.6 is 23.5 Å². The van der Waals surface area contributed by atoms with Crippen LogP contribution in [0.15, 0.2) is 102 Å². The summed E-state index contributed by atoms with van der Waals surface area (Å²) in [5, 5.41) is 8.94. The zero-order chi connectivity index (χ0) is 46.8. The third-order valence-electron chi connectivity index (χ3n) is 8.90. The number of hydrogen-bond donors (Lipinski definition) is 4. The van der Waals surface area contributed by atoms with Crippen LogP contribution in [0.5, 0.6) is 0 Å². The quantitative estimate of drug-likeness (QED) is 0.0266. The molecule has 3 aromatic rings. The molecule has 0 bridgehead atoms. The van der Waals surface area contributed by atoms with Crippen LogP contribution < -0.4 is 26.3 Å². The van der Waals surface area contributed by atoms with Gasteiger partial charge in [-0.3, -0.25) is 28.8 Å². The number of allylic oxidation sites excluding steroid dienone is 1. The molecule has 4 unspecified atom stereocenters. The van der Waals surface area contributed by atoms with E-state index in [1.165, 1.54) is 27.1 Å². The van der Waals surface area contributed by atoms with Crippen molar-refractivity contribution in [3.63, 3.8) is 0 Å². The Morgan fingerprint density at radius 2 is 1.42 bits per heavy atom. The van der Waals surface area contributed by atoms with Gasteiger partial charge in [0.1, 0.15) is 25.2 Å². The van der Waals surface area contributed by atoms with Gasteiger partial charge in [0.2, 0.25) is 5.91 Å². The number of amidine groups is 1. The third-order valence-corrected chi connectivity index (χ3v) is 11.4. The SMILES string of the molecule is C=CC(=O)OCC(CSC(C)C(=O)NC1=N/C(=C\c2[n-]c(NC(=O)C(C)SC(COC=O)OC=O)c(C(=O)NC)c2-c2ccccc2)C(c2ccccc2)=C1C(=O)NC)OC(=O)C=C.[Zn]. The summed E-state index contributed by atoms with van der Waals surface area (Å²) in [6.07, 6.45) is 2.49. The molecule has 1 aromatic heterocycles. The summed E-state index contributed by atoms with van der Waals surface area (Å²) < 4.78 is 20.0. The molecular formula is C44H45N6O12S2Zn-. The van der Waals surface area contributed by atoms with Crippen molar-refractivity contribution >= 4 is 95.3 Å². The van der Waals surface area contributed by atoms with E-state index in [0.717, 1.165) is 35.7 Å². The molecule has 2 aromatic carbocycles. The topological polar surface area (TPSA) is 248 Å². The molecule has 338 valence electrons. The maximum Gasteiger partial charge on any atom is 0.330 e. The van der Waals surface area contributed by atoms with Crippen LogP contribution in [0, 0.1) is 0 Å². The Morgan fingerprint density at radius 3 is 2.00 bits per heavy atom. The van der Waals surface area contributed by atoms with Crippen molar-refractivity contribution in [3.05, 3.63) is 114 Å². The smallest absolute Gasteiger partial charge is 0.330 e. The van der Waals surface area contributed by atoms with E-state index in [1.54, 1.807) is 67.6 Å². The fourth-order valence-corrected chi connectivity index (χ4v) is 7.65. The molecule has 0 spiro atoms. The van der Waals surface area contributed by atoms with Crippen LogP contribution in [0.1, 0.15) is 35.5 Å². The van der Waals surface area contributed by atoms with E-state index in [4.69, 9.17) is 28.9 Å². The number of amides is 4. The van der Waals surface area contributed by atoms with Gasteiger partial charge >= 0.3 is 11.9 Å². The first-order valence-corrected chi connectivity index (χ1v) is 21.3. The molecule has 0 fully saturated rings. The van der Waals surface area contributed by atoms with Crippen molar-refractivity contribution in [2.45, 2.75) is 35.9 Å². The minimum Gasteiger partial charge on any atom is -0.463 e. The predicted molar refractivity (Wildman–Crippen MR) is 241 cm³/mol. The molecule has 4 amide bonds. The summed E-state index contributed by atoms with van der Waals surface area (Å²) in [7, 11) is 2.83. The van der Waals surface area contributed by atoms with Crippen molar-refractivity contribution in [2.75, 3.05) is 38.4 Å². The van der Waals surface area contributed by atoms with Gasteiger partial charge in [-0.2, -0.15) is 0 Å². The third kappa shape index (κ3) is 14.5. The monoisotopic (exact) mass is 977 g/mol. The number of aromatic nitrogens is 1. The molecule has 0 saturated carbocycles. The second-order valence-corrected chi connectivity index (χ2v) is 16.0. The molecule has 4 N–H and O–H groups in total. The van der Waals surface area contributed by atoms with Gasteiger partial charge < -0.3 is 45.2 Å². The number of thioether (sulfide) groups is 2. The molecule has 0 radical (unpaired) electrons. The van der Waals surface area contributed by atoms with Gasteiger partial charge in [0, 0.05) is 62.6 Å². The first-order valence-electron chi connectivity index (χ1n) is 19.3. The van der Waals surface area contributed by atoms with Crippen LogP contribution in [0.3, 0.4) is 0 Å². The van der Waals surface area contributed by atoms with Crippen molar-refractivity contribution < 1.29 is 76.8 Å². The van der Waals surface area contributed by atoms with Gasteiger partial charge in [0.25, 0.3) is 24.8 Å². The van der Waals surface area contributed by atoms with Crippen LogP contribution in [-0.2, 0) is 72.0 Å². The average Bonchev–Trinajstić information content (AvgIpc) is 3.85. The molecule has 21 heteroatoms. The summed E-state index contributed by atoms with van der Waals surface area (Å²) in [6, 6.07) is 17.5. The van der Waals surface area contributed by atoms with E-state index in [-0.39, 0.29) is 85.6 Å². The fourth-order valence-electron chi connectivity index (χ4n) is 5.87. The van der Waals surface area contributed by atoms with Gasteiger partial charge in [0.05, 0.1) is 21.8 Å². The van der Waals surface area contributed by atoms with Crippen LogP contribution in [-0.4, -0.2) is 109 Å². The van der Waals surface area contributed by atoms with Gasteiger partial charge in [-0.15, -0.1) is 23.5 Å². The molecule has 0 saturated heterocycles. The maximum absolute atomic E-state index is 13.8. The van der Waals surface area contributed by atoms with Crippen molar-refractivity contribution in [2.24, 2.45) is 4.99 Å². The number of aliphatic imine (C=N–C) groups is 1. The Morgan fingerprint density at radius 1 is 0.800 bits per heavy atom. The number of nitrogens with one attached hydrogen (secondary N) is 4. The predicted octanol–water partition coefficient (Wildman–Crippen LogP) is 3.42. The van der Waals surface area contributed by atoms with E-state index in [0.29, 0.717) is 22.3 Å². The number of rotatable bonds is 23. The Kier molecular flexibility index (Phi) is 21.3. The molecule has 1 aliphatic rings. The Labute approximate surface area is 395 Å². The van der Waals surface area contributed by atoms with Crippen molar-refractivity contribution in [1.82, 2.24) is 20.9 Å². The van der Waals surface area contributed by atoms with E-state index in [1.807, 2.05) is 0 Å². The minimum atomic E-state index is -1.02. The number of carbonyl (C=O) groups is 8. The second-order valence-electron chi connectivity index (χ2n) is 13.1. The standard InChI is InChI=1S/C44H46N6O12S2.Zn/c1-7-32(53)60-20-29(62-33(54)8-2)22-63-25(3)41(55)49-39-37(43(57)45-5)35(27-15-11-9-12-16-27)30(47-39)19-31-36(28-17-13-10-14-18-28)38(44(58)46-6)40(48-31)50-42(56)26(4)64-34(61-24-52)21-59-23-51;/h7-19,23-26,29,34H,1-2,20-22H2,3-6H3,(H5,45,46,47,48,49,50,55,56,57,58);/p-1. The molecular weight excluding hydrogens is 934 g/mol. The normalized spacial score (nSPS) is 14.2. The second kappa shape index (κ2) is 26.3. The van der Waals surface area contributed by atoms with Crippen LogP contribution in [0.25, 0.3) is 22.8 Å². The number of anilines is 1. The number of esters is 2. The number of benzene rings is 2. The molecule has 18 nitrogen and oxygen atoms in total. The van der Waals surface area contributed by atoms with E-state index in [2.05, 4.69) is 34.4 Å². The summed E-state index contributed by atoms with van der Waals surface area (Å²) in [6.45, 7) is 9.54. The minimum absolute atomic E-state index is 0. The Bertz CT molecular complexity index is 2350. The first-order chi connectivity index (χ1) is 30.8. The van der Waals surface area contributed by atoms with Crippen LogP contribution in [0.2, 0.25) is 0 Å². The largest absolute Gasteiger partial charge is 0.463 e. The zero-order valence-electron chi connectivity index (χ0n) is 35.8. The van der Waals surface area contributed by atoms with Gasteiger partial charge in [-0.05, 0) is 48.1 Å². The number of hydrogen-bond acceptors (Lipinski definition) is 15. The summed E-state index contributed by atoms with van der Waals surface area (Å²) >= 11 is 1.95. The molecule has 0 aliphatic carbocycles. The van der Waals surface area contributed by atoms with E-state index >= 15 is 0 Å². The number of carbonyl (C=O) groups excluding carboxylic acids is 8. The molecule has 1 aliphatic heterocycles. The van der Waals surface area contributed by atoms with E-state index in [9.17, 15) is 38.4 Å². The van der Waals surface area contributed by atoms with Gasteiger partial charge in [-0.25, -0.2) is 14.6 Å². The Balaban J connectivity index is 0.0000112. The van der Waals surface area contributed by atoms with Crippen molar-refractivity contribution in [1.29, 1.82) is 0 Å². The summed E-state index contributed by atoms with van der Waals surface area (Å²) in [4.78, 5) is 110. The Hall–Kier alpha value is -6.57. The number of nitrogens with zero attached hydrogens (tertiary/aromatic N) is 2. The van der Waals surface area contributed by atoms with E-state index < -0.39 is 57.6 Å². The molecule has 4 atom stereocenters. The number of ether oxygens (including phenoxy) is 4. The molecule has 4 rings (SSSR count). The summed E-state index contributed by atoms with van der Waals surface area (Å²) in [5.74, 6) is -4.12.